The van der Waals surface area contributed by atoms with Gasteiger partial charge in [-0.25, -0.2) is 0 Å². The normalized spacial score (nSPS) is 13.4. The van der Waals surface area contributed by atoms with Crippen LogP contribution < -0.4 is 10.6 Å². The lowest BCUT2D eigenvalue weighted by Gasteiger charge is -2.27. The molecule has 0 saturated heterocycles. The summed E-state index contributed by atoms with van der Waals surface area (Å²) in [5, 5.41) is 14.7. The standard InChI is InChI=1S/C14H19ClN2O3/c1-3-14(2,9-18)17-12(19)8-16-13(20)10-6-4-5-7-11(10)15/h4-7,18H,3,8-9H2,1-2H3,(H,16,20)(H,17,19). The Bertz CT molecular complexity index is 487. The Balaban J connectivity index is 2.54. The van der Waals surface area contributed by atoms with Crippen LogP contribution in [0.25, 0.3) is 0 Å². The van der Waals surface area contributed by atoms with Crippen molar-refractivity contribution < 1.29 is 14.7 Å². The lowest BCUT2D eigenvalue weighted by molar-refractivity contribution is -0.122. The van der Waals surface area contributed by atoms with Crippen LogP contribution in [-0.2, 0) is 4.79 Å². The summed E-state index contributed by atoms with van der Waals surface area (Å²) in [6, 6.07) is 6.61. The van der Waals surface area contributed by atoms with Gasteiger partial charge < -0.3 is 15.7 Å². The third-order valence-corrected chi connectivity index (χ3v) is 3.43. The van der Waals surface area contributed by atoms with Gasteiger partial charge in [-0.1, -0.05) is 30.7 Å². The molecule has 0 aliphatic rings. The van der Waals surface area contributed by atoms with Gasteiger partial charge in [0.2, 0.25) is 5.91 Å². The molecule has 0 spiro atoms. The van der Waals surface area contributed by atoms with E-state index in [1.54, 1.807) is 31.2 Å². The Morgan fingerprint density at radius 2 is 2.00 bits per heavy atom. The van der Waals surface area contributed by atoms with Crippen LogP contribution in [0.1, 0.15) is 30.6 Å². The van der Waals surface area contributed by atoms with Crippen LogP contribution in [0.4, 0.5) is 0 Å². The van der Waals surface area contributed by atoms with Crippen LogP contribution in [-0.4, -0.2) is 35.6 Å². The van der Waals surface area contributed by atoms with Gasteiger partial charge in [0, 0.05) is 0 Å². The highest BCUT2D eigenvalue weighted by Gasteiger charge is 2.23. The largest absolute Gasteiger partial charge is 0.394 e. The molecule has 0 aliphatic heterocycles. The quantitative estimate of drug-likeness (QED) is 0.742. The highest BCUT2D eigenvalue weighted by Crippen LogP contribution is 2.14. The summed E-state index contributed by atoms with van der Waals surface area (Å²) < 4.78 is 0. The van der Waals surface area contributed by atoms with Crippen LogP contribution >= 0.6 is 11.6 Å². The third kappa shape index (κ3) is 4.51. The molecular formula is C14H19ClN2O3. The molecule has 1 aromatic carbocycles. The Labute approximate surface area is 123 Å². The maximum Gasteiger partial charge on any atom is 0.253 e. The minimum Gasteiger partial charge on any atom is -0.394 e. The molecule has 0 aromatic heterocycles. The lowest BCUT2D eigenvalue weighted by Crippen LogP contribution is -2.51. The number of rotatable bonds is 6. The van der Waals surface area contributed by atoms with E-state index in [9.17, 15) is 14.7 Å². The molecule has 0 aliphatic carbocycles. The number of hydrogen-bond donors (Lipinski definition) is 3. The van der Waals surface area contributed by atoms with E-state index in [2.05, 4.69) is 10.6 Å². The van der Waals surface area contributed by atoms with E-state index in [-0.39, 0.29) is 19.1 Å². The van der Waals surface area contributed by atoms with Crippen molar-refractivity contribution in [1.82, 2.24) is 10.6 Å². The summed E-state index contributed by atoms with van der Waals surface area (Å²) >= 11 is 5.89. The minimum atomic E-state index is -0.674. The summed E-state index contributed by atoms with van der Waals surface area (Å²) in [7, 11) is 0. The smallest absolute Gasteiger partial charge is 0.253 e. The maximum atomic E-state index is 11.8. The molecule has 0 saturated carbocycles. The molecule has 110 valence electrons. The topological polar surface area (TPSA) is 78.4 Å². The second-order valence-electron chi connectivity index (χ2n) is 4.78. The zero-order chi connectivity index (χ0) is 15.2. The first-order chi connectivity index (χ1) is 9.41. The summed E-state index contributed by atoms with van der Waals surface area (Å²) in [6.45, 7) is 3.27. The summed E-state index contributed by atoms with van der Waals surface area (Å²) in [5.74, 6) is -0.767. The first-order valence-corrected chi connectivity index (χ1v) is 6.74. The van der Waals surface area contributed by atoms with E-state index >= 15 is 0 Å². The zero-order valence-corrected chi connectivity index (χ0v) is 12.3. The Morgan fingerprint density at radius 3 is 2.55 bits per heavy atom. The number of aliphatic hydroxyl groups excluding tert-OH is 1. The van der Waals surface area contributed by atoms with E-state index in [4.69, 9.17) is 11.6 Å². The van der Waals surface area contributed by atoms with Crippen molar-refractivity contribution in [3.05, 3.63) is 34.9 Å². The SMILES string of the molecule is CCC(C)(CO)NC(=O)CNC(=O)c1ccccc1Cl. The lowest BCUT2D eigenvalue weighted by atomic mass is 10.0. The van der Waals surface area contributed by atoms with Gasteiger partial charge in [0.15, 0.2) is 0 Å². The molecule has 1 unspecified atom stereocenters. The summed E-state index contributed by atoms with van der Waals surface area (Å²) in [5.41, 5.74) is -0.353. The molecule has 0 bridgehead atoms. The van der Waals surface area contributed by atoms with Crippen molar-refractivity contribution in [3.63, 3.8) is 0 Å². The molecule has 1 atom stereocenters. The Morgan fingerprint density at radius 1 is 1.35 bits per heavy atom. The predicted molar refractivity (Wildman–Crippen MR) is 77.7 cm³/mol. The molecule has 0 radical (unpaired) electrons. The average Bonchev–Trinajstić information content (AvgIpc) is 2.45. The number of hydrogen-bond acceptors (Lipinski definition) is 3. The Hall–Kier alpha value is -1.59. The molecule has 5 nitrogen and oxygen atoms in total. The molecule has 0 fully saturated rings. The van der Waals surface area contributed by atoms with Gasteiger partial charge >= 0.3 is 0 Å². The van der Waals surface area contributed by atoms with Crippen molar-refractivity contribution in [2.24, 2.45) is 0 Å². The minimum absolute atomic E-state index is 0.159. The monoisotopic (exact) mass is 298 g/mol. The number of nitrogens with one attached hydrogen (secondary N) is 2. The molecule has 0 heterocycles. The number of carbonyl (C=O) groups excluding carboxylic acids is 2. The van der Waals surface area contributed by atoms with Gasteiger partial charge in [0.1, 0.15) is 0 Å². The molecule has 1 aromatic rings. The van der Waals surface area contributed by atoms with Crippen LogP contribution in [0.5, 0.6) is 0 Å². The fraction of sp³-hybridized carbons (Fsp3) is 0.429. The number of halogens is 1. The van der Waals surface area contributed by atoms with Crippen molar-refractivity contribution in [3.8, 4) is 0 Å². The van der Waals surface area contributed by atoms with Crippen molar-refractivity contribution in [1.29, 1.82) is 0 Å². The highest BCUT2D eigenvalue weighted by atomic mass is 35.5. The number of carbonyl (C=O) groups is 2. The maximum absolute atomic E-state index is 11.8. The first-order valence-electron chi connectivity index (χ1n) is 6.36. The molecule has 3 N–H and O–H groups in total. The number of benzene rings is 1. The molecule has 6 heteroatoms. The van der Waals surface area contributed by atoms with E-state index < -0.39 is 11.4 Å². The second kappa shape index (κ2) is 7.26. The van der Waals surface area contributed by atoms with E-state index in [1.165, 1.54) is 0 Å². The van der Waals surface area contributed by atoms with Crippen LogP contribution in [0.15, 0.2) is 24.3 Å². The van der Waals surface area contributed by atoms with Crippen LogP contribution in [0.3, 0.4) is 0 Å². The first kappa shape index (κ1) is 16.5. The van der Waals surface area contributed by atoms with Crippen molar-refractivity contribution in [2.75, 3.05) is 13.2 Å². The van der Waals surface area contributed by atoms with E-state index in [1.807, 2.05) is 6.92 Å². The highest BCUT2D eigenvalue weighted by molar-refractivity contribution is 6.33. The summed E-state index contributed by atoms with van der Waals surface area (Å²) in [4.78, 5) is 23.6. The Kier molecular flexibility index (Phi) is 5.98. The fourth-order valence-corrected chi connectivity index (χ4v) is 1.74. The molecule has 20 heavy (non-hydrogen) atoms. The van der Waals surface area contributed by atoms with Crippen LogP contribution in [0.2, 0.25) is 5.02 Å². The average molecular weight is 299 g/mol. The summed E-state index contributed by atoms with van der Waals surface area (Å²) in [6.07, 6.45) is 0.591. The molecule has 1 rings (SSSR count). The van der Waals surface area contributed by atoms with E-state index in [0.717, 1.165) is 0 Å². The van der Waals surface area contributed by atoms with Crippen LogP contribution in [0, 0.1) is 0 Å². The predicted octanol–water partition coefficient (Wildman–Crippen LogP) is 1.35. The van der Waals surface area contributed by atoms with Gasteiger partial charge in [-0.3, -0.25) is 9.59 Å². The van der Waals surface area contributed by atoms with Gasteiger partial charge in [0.05, 0.1) is 29.3 Å². The van der Waals surface area contributed by atoms with E-state index in [0.29, 0.717) is 17.0 Å². The molecule has 2 amide bonds. The molecular weight excluding hydrogens is 280 g/mol. The fourth-order valence-electron chi connectivity index (χ4n) is 1.52. The van der Waals surface area contributed by atoms with Gasteiger partial charge in [-0.05, 0) is 25.5 Å². The number of amides is 2. The second-order valence-corrected chi connectivity index (χ2v) is 5.19. The van der Waals surface area contributed by atoms with Gasteiger partial charge in [0.25, 0.3) is 5.91 Å². The van der Waals surface area contributed by atoms with Crippen molar-refractivity contribution >= 4 is 23.4 Å². The number of aliphatic hydroxyl groups is 1. The van der Waals surface area contributed by atoms with Gasteiger partial charge in [-0.15, -0.1) is 0 Å². The third-order valence-electron chi connectivity index (χ3n) is 3.10. The zero-order valence-electron chi connectivity index (χ0n) is 11.6. The van der Waals surface area contributed by atoms with Gasteiger partial charge in [-0.2, -0.15) is 0 Å². The van der Waals surface area contributed by atoms with Crippen molar-refractivity contribution in [2.45, 2.75) is 25.8 Å².